The summed E-state index contributed by atoms with van der Waals surface area (Å²) in [7, 11) is 0. The normalized spacial score (nSPS) is 27.5. The molecule has 3 heterocycles. The molecular formula is C17H18N6. The van der Waals surface area contributed by atoms with Gasteiger partial charge in [0, 0.05) is 31.6 Å². The summed E-state index contributed by atoms with van der Waals surface area (Å²) < 4.78 is 58.3. The summed E-state index contributed by atoms with van der Waals surface area (Å²) in [4.78, 5) is 11.3. The van der Waals surface area contributed by atoms with Gasteiger partial charge in [-0.15, -0.1) is 0 Å². The van der Waals surface area contributed by atoms with Crippen LogP contribution >= 0.6 is 0 Å². The van der Waals surface area contributed by atoms with Gasteiger partial charge in [-0.05, 0) is 24.8 Å². The van der Waals surface area contributed by atoms with E-state index in [0.29, 0.717) is 22.3 Å². The Bertz CT molecular complexity index is 1130. The van der Waals surface area contributed by atoms with Crippen molar-refractivity contribution in [1.82, 2.24) is 24.7 Å². The Morgan fingerprint density at radius 1 is 1.52 bits per heavy atom. The van der Waals surface area contributed by atoms with Crippen molar-refractivity contribution in [1.29, 1.82) is 5.26 Å². The molecule has 0 aromatic carbocycles. The first-order valence-electron chi connectivity index (χ1n) is 10.7. The van der Waals surface area contributed by atoms with E-state index < -0.39 is 43.9 Å². The average Bonchev–Trinajstić information content (AvgIpc) is 3.39. The first-order valence-corrected chi connectivity index (χ1v) is 7.18. The summed E-state index contributed by atoms with van der Waals surface area (Å²) >= 11 is 0. The van der Waals surface area contributed by atoms with Crippen molar-refractivity contribution in [2.45, 2.75) is 38.0 Å². The standard InChI is InChI=1S/C17H18N6/c18-7-5-15(12-3-1-2-4-12)23-10-13(9-22-23)16-14-6-8-19-17(14)21-11-20-16/h6,8-12,15H,1-5H2,(H,19,20,21)/t15-/m0/s1/i1D2,2D2,5D2,15D. The number of aromatic amines is 1. The molecule has 0 radical (unpaired) electrons. The fourth-order valence-corrected chi connectivity index (χ4v) is 2.74. The predicted molar refractivity (Wildman–Crippen MR) is 86.3 cm³/mol. The van der Waals surface area contributed by atoms with Gasteiger partial charge in [-0.3, -0.25) is 4.68 Å². The number of nitrogens with zero attached hydrogens (tertiary/aromatic N) is 5. The predicted octanol–water partition coefficient (Wildman–Crippen LogP) is 3.47. The van der Waals surface area contributed by atoms with E-state index in [2.05, 4.69) is 20.1 Å². The number of aromatic nitrogens is 5. The van der Waals surface area contributed by atoms with Crippen molar-refractivity contribution in [3.05, 3.63) is 31.0 Å². The Hall–Kier alpha value is -2.68. The summed E-state index contributed by atoms with van der Waals surface area (Å²) in [5.41, 5.74) is 1.57. The molecule has 0 saturated heterocycles. The molecule has 6 heteroatoms. The summed E-state index contributed by atoms with van der Waals surface area (Å²) in [5, 5.41) is 14.3. The highest BCUT2D eigenvalue weighted by Crippen LogP contribution is 2.36. The number of nitriles is 1. The lowest BCUT2D eigenvalue weighted by Crippen LogP contribution is -2.17. The quantitative estimate of drug-likeness (QED) is 0.799. The zero-order chi connectivity index (χ0) is 21.9. The van der Waals surface area contributed by atoms with Crippen molar-refractivity contribution in [2.24, 2.45) is 5.92 Å². The van der Waals surface area contributed by atoms with E-state index in [1.165, 1.54) is 24.8 Å². The molecule has 0 amide bonds. The third kappa shape index (κ3) is 2.48. The zero-order valence-corrected chi connectivity index (χ0v) is 12.1. The maximum Gasteiger partial charge on any atom is 0.141 e. The van der Waals surface area contributed by atoms with Crippen LogP contribution in [0.2, 0.25) is 0 Å². The molecular weight excluding hydrogens is 288 g/mol. The van der Waals surface area contributed by atoms with Crippen molar-refractivity contribution in [3.8, 4) is 17.3 Å². The van der Waals surface area contributed by atoms with E-state index in [1.54, 1.807) is 12.3 Å². The van der Waals surface area contributed by atoms with Crippen molar-refractivity contribution >= 4 is 11.0 Å². The van der Waals surface area contributed by atoms with E-state index in [-0.39, 0.29) is 0 Å². The molecule has 0 unspecified atom stereocenters. The molecule has 0 aliphatic heterocycles. The van der Waals surface area contributed by atoms with Gasteiger partial charge >= 0.3 is 0 Å². The fraction of sp³-hybridized carbons (Fsp3) is 0.412. The van der Waals surface area contributed by atoms with E-state index >= 15 is 0 Å². The van der Waals surface area contributed by atoms with Gasteiger partial charge in [0.1, 0.15) is 12.0 Å². The minimum absolute atomic E-state index is 0.407. The lowest BCUT2D eigenvalue weighted by atomic mass is 9.96. The summed E-state index contributed by atoms with van der Waals surface area (Å²) in [5.74, 6) is -1.12. The highest BCUT2D eigenvalue weighted by Gasteiger charge is 2.27. The number of hydrogen-bond donors (Lipinski definition) is 1. The minimum Gasteiger partial charge on any atom is -0.346 e. The molecule has 1 aliphatic rings. The van der Waals surface area contributed by atoms with Crippen molar-refractivity contribution in [3.63, 3.8) is 0 Å². The van der Waals surface area contributed by atoms with Crippen LogP contribution in [0.1, 0.15) is 47.6 Å². The van der Waals surface area contributed by atoms with Crippen LogP contribution < -0.4 is 0 Å². The third-order valence-electron chi connectivity index (χ3n) is 3.85. The molecule has 1 N–H and O–H groups in total. The molecule has 1 fully saturated rings. The van der Waals surface area contributed by atoms with Crippen LogP contribution in [0, 0.1) is 17.2 Å². The molecule has 4 rings (SSSR count). The van der Waals surface area contributed by atoms with Crippen LogP contribution in [0.5, 0.6) is 0 Å². The van der Waals surface area contributed by atoms with Crippen LogP contribution in [0.25, 0.3) is 22.3 Å². The van der Waals surface area contributed by atoms with E-state index in [1.807, 2.05) is 0 Å². The third-order valence-corrected chi connectivity index (χ3v) is 3.85. The minimum atomic E-state index is -2.76. The summed E-state index contributed by atoms with van der Waals surface area (Å²) in [6.45, 7) is 0. The highest BCUT2D eigenvalue weighted by molar-refractivity contribution is 5.89. The maximum atomic E-state index is 9.45. The smallest absolute Gasteiger partial charge is 0.141 e. The number of fused-ring (bicyclic) bond motifs is 1. The summed E-state index contributed by atoms with van der Waals surface area (Å²) in [6, 6.07) is 0.919. The Labute approximate surface area is 144 Å². The van der Waals surface area contributed by atoms with E-state index in [9.17, 15) is 5.26 Å². The first-order chi connectivity index (χ1) is 13.9. The maximum absolute atomic E-state index is 9.45. The van der Waals surface area contributed by atoms with Gasteiger partial charge in [-0.1, -0.05) is 12.7 Å². The van der Waals surface area contributed by atoms with Crippen molar-refractivity contribution < 1.29 is 9.60 Å². The molecule has 3 aromatic heterocycles. The number of nitrogens with one attached hydrogen (secondary N) is 1. The topological polar surface area (TPSA) is 83.2 Å². The second-order valence-corrected chi connectivity index (χ2v) is 5.22. The Kier molecular flexibility index (Phi) is 2.10. The van der Waals surface area contributed by atoms with Gasteiger partial charge in [0.15, 0.2) is 0 Å². The Morgan fingerprint density at radius 2 is 2.39 bits per heavy atom. The van der Waals surface area contributed by atoms with Crippen LogP contribution in [0.3, 0.4) is 0 Å². The van der Waals surface area contributed by atoms with Gasteiger partial charge in [0.25, 0.3) is 0 Å². The van der Waals surface area contributed by atoms with Crippen LogP contribution in [-0.2, 0) is 0 Å². The Morgan fingerprint density at radius 3 is 3.22 bits per heavy atom. The molecule has 116 valence electrons. The molecule has 1 saturated carbocycles. The largest absolute Gasteiger partial charge is 0.346 e. The van der Waals surface area contributed by atoms with Gasteiger partial charge in [0.05, 0.1) is 31.7 Å². The van der Waals surface area contributed by atoms with Gasteiger partial charge < -0.3 is 4.98 Å². The van der Waals surface area contributed by atoms with Gasteiger partial charge in [-0.2, -0.15) is 10.4 Å². The number of hydrogen-bond acceptors (Lipinski definition) is 4. The molecule has 0 bridgehead atoms. The molecule has 6 nitrogen and oxygen atoms in total. The van der Waals surface area contributed by atoms with Gasteiger partial charge in [-0.25, -0.2) is 9.97 Å². The summed E-state index contributed by atoms with van der Waals surface area (Å²) in [6.07, 6.45) is -2.25. The van der Waals surface area contributed by atoms with Gasteiger partial charge in [0.2, 0.25) is 0 Å². The second-order valence-electron chi connectivity index (χ2n) is 5.22. The van der Waals surface area contributed by atoms with E-state index in [0.717, 1.165) is 4.68 Å². The highest BCUT2D eigenvalue weighted by atomic mass is 15.3. The number of rotatable bonds is 4. The number of H-pyrrole nitrogens is 1. The Balaban J connectivity index is 1.83. The molecule has 3 aromatic rings. The van der Waals surface area contributed by atoms with Crippen LogP contribution in [-0.4, -0.2) is 24.7 Å². The molecule has 1 aliphatic carbocycles. The lowest BCUT2D eigenvalue weighted by molar-refractivity contribution is 0.315. The second kappa shape index (κ2) is 5.84. The fourth-order valence-electron chi connectivity index (χ4n) is 2.74. The lowest BCUT2D eigenvalue weighted by Gasteiger charge is -2.21. The molecule has 1 atom stereocenters. The zero-order valence-electron chi connectivity index (χ0n) is 19.1. The first kappa shape index (κ1) is 8.25. The monoisotopic (exact) mass is 313 g/mol. The molecule has 0 spiro atoms. The van der Waals surface area contributed by atoms with Crippen LogP contribution in [0.4, 0.5) is 0 Å². The molecule has 23 heavy (non-hydrogen) atoms. The average molecular weight is 313 g/mol. The SMILES string of the molecule is [2H]C1([2H])CC([C@@]([2H])(n2cc(-c3ncnc4[nH]ccc34)cn2)C([2H])([2H])C#N)CC1([2H])[2H]. The van der Waals surface area contributed by atoms with Crippen molar-refractivity contribution in [2.75, 3.05) is 0 Å². The van der Waals surface area contributed by atoms with E-state index in [4.69, 9.17) is 9.60 Å². The van der Waals surface area contributed by atoms with Crippen LogP contribution in [0.15, 0.2) is 31.0 Å².